The molecule has 0 aliphatic rings. The molecular formula is C24H17F3N2O. The number of aromatic nitrogens is 2. The Hall–Kier alpha value is -3.67. The van der Waals surface area contributed by atoms with Crippen LogP contribution in [0.25, 0.3) is 28.9 Å². The quantitative estimate of drug-likeness (QED) is 0.294. The molecule has 30 heavy (non-hydrogen) atoms. The molecule has 0 saturated carbocycles. The Morgan fingerprint density at radius 3 is 2.57 bits per heavy atom. The summed E-state index contributed by atoms with van der Waals surface area (Å²) in [5.74, 6) is 0. The van der Waals surface area contributed by atoms with E-state index in [2.05, 4.69) is 4.98 Å². The summed E-state index contributed by atoms with van der Waals surface area (Å²) in [6, 6.07) is 12.9. The van der Waals surface area contributed by atoms with Crippen LogP contribution in [0.5, 0.6) is 0 Å². The van der Waals surface area contributed by atoms with Crippen LogP contribution in [0.15, 0.2) is 67.1 Å². The second-order valence-corrected chi connectivity index (χ2v) is 6.93. The van der Waals surface area contributed by atoms with Crippen molar-refractivity contribution in [2.75, 3.05) is 0 Å². The van der Waals surface area contributed by atoms with Gasteiger partial charge in [-0.1, -0.05) is 36.4 Å². The molecule has 0 aliphatic heterocycles. The maximum atomic E-state index is 13.3. The molecule has 0 atom stereocenters. The van der Waals surface area contributed by atoms with E-state index in [0.717, 1.165) is 34.0 Å². The molecule has 0 spiro atoms. The maximum Gasteiger partial charge on any atom is 0.416 e. The highest BCUT2D eigenvalue weighted by Crippen LogP contribution is 2.34. The van der Waals surface area contributed by atoms with Crippen LogP contribution in [0.4, 0.5) is 13.2 Å². The summed E-state index contributed by atoms with van der Waals surface area (Å²) in [6.45, 7) is 1.93. The van der Waals surface area contributed by atoms with Crippen molar-refractivity contribution in [2.24, 2.45) is 0 Å². The van der Waals surface area contributed by atoms with Gasteiger partial charge in [-0.2, -0.15) is 13.2 Å². The molecular weight excluding hydrogens is 389 g/mol. The van der Waals surface area contributed by atoms with Gasteiger partial charge in [0.25, 0.3) is 0 Å². The van der Waals surface area contributed by atoms with Crippen molar-refractivity contribution in [1.82, 2.24) is 9.38 Å². The van der Waals surface area contributed by atoms with Crippen molar-refractivity contribution in [3.63, 3.8) is 0 Å². The average molecular weight is 406 g/mol. The molecule has 0 N–H and O–H groups in total. The van der Waals surface area contributed by atoms with Crippen LogP contribution >= 0.6 is 0 Å². The third-order valence-electron chi connectivity index (χ3n) is 5.04. The molecule has 0 aliphatic carbocycles. The predicted octanol–water partition coefficient (Wildman–Crippen LogP) is 6.31. The number of pyridine rings is 1. The molecule has 0 radical (unpaired) electrons. The number of hydrogen-bond acceptors (Lipinski definition) is 2. The number of imidazole rings is 1. The number of nitrogens with zero attached hydrogens (tertiary/aromatic N) is 2. The molecule has 0 amide bonds. The lowest BCUT2D eigenvalue weighted by Gasteiger charge is -2.12. The van der Waals surface area contributed by atoms with E-state index < -0.39 is 11.7 Å². The minimum absolute atomic E-state index is 0.0447. The Morgan fingerprint density at radius 1 is 1.00 bits per heavy atom. The fourth-order valence-corrected chi connectivity index (χ4v) is 3.46. The van der Waals surface area contributed by atoms with Crippen LogP contribution in [-0.2, 0) is 6.18 Å². The third kappa shape index (κ3) is 3.76. The first kappa shape index (κ1) is 19.6. The van der Waals surface area contributed by atoms with Gasteiger partial charge in [-0.25, -0.2) is 4.98 Å². The highest BCUT2D eigenvalue weighted by molar-refractivity contribution is 5.81. The van der Waals surface area contributed by atoms with Gasteiger partial charge in [0.2, 0.25) is 0 Å². The zero-order valence-electron chi connectivity index (χ0n) is 16.0. The fourth-order valence-electron chi connectivity index (χ4n) is 3.46. The lowest BCUT2D eigenvalue weighted by molar-refractivity contribution is -0.137. The van der Waals surface area contributed by atoms with Gasteiger partial charge in [-0.15, -0.1) is 0 Å². The average Bonchev–Trinajstić information content (AvgIpc) is 3.20. The van der Waals surface area contributed by atoms with Crippen LogP contribution in [0, 0.1) is 6.92 Å². The van der Waals surface area contributed by atoms with Crippen LogP contribution < -0.4 is 0 Å². The molecule has 4 aromatic rings. The lowest BCUT2D eigenvalue weighted by atomic mass is 9.96. The van der Waals surface area contributed by atoms with Crippen molar-refractivity contribution in [3.05, 3.63) is 94.9 Å². The summed E-state index contributed by atoms with van der Waals surface area (Å²) >= 11 is 0. The van der Waals surface area contributed by atoms with Crippen LogP contribution in [0.2, 0.25) is 0 Å². The summed E-state index contributed by atoms with van der Waals surface area (Å²) in [7, 11) is 0. The highest BCUT2D eigenvalue weighted by atomic mass is 19.4. The van der Waals surface area contributed by atoms with Gasteiger partial charge in [0.05, 0.1) is 5.56 Å². The molecule has 3 nitrogen and oxygen atoms in total. The number of benzene rings is 2. The monoisotopic (exact) mass is 406 g/mol. The van der Waals surface area contributed by atoms with E-state index in [0.29, 0.717) is 6.29 Å². The normalized spacial score (nSPS) is 12.0. The van der Waals surface area contributed by atoms with Crippen molar-refractivity contribution in [3.8, 4) is 11.1 Å². The number of hydrogen-bond donors (Lipinski definition) is 0. The predicted molar refractivity (Wildman–Crippen MR) is 111 cm³/mol. The third-order valence-corrected chi connectivity index (χ3v) is 5.04. The van der Waals surface area contributed by atoms with Crippen molar-refractivity contribution >= 4 is 24.1 Å². The number of carbonyl (C=O) groups excluding carboxylic acids is 1. The Bertz CT molecular complexity index is 1270. The number of alkyl halides is 3. The number of halogens is 3. The lowest BCUT2D eigenvalue weighted by Crippen LogP contribution is -2.07. The Labute approximate surface area is 171 Å². The van der Waals surface area contributed by atoms with E-state index in [1.54, 1.807) is 12.3 Å². The molecule has 0 bridgehead atoms. The molecule has 4 rings (SSSR count). The Kier molecular flexibility index (Phi) is 4.99. The molecule has 150 valence electrons. The van der Waals surface area contributed by atoms with E-state index in [4.69, 9.17) is 0 Å². The number of aldehydes is 1. The van der Waals surface area contributed by atoms with E-state index in [1.165, 1.54) is 18.2 Å². The number of fused-ring (bicyclic) bond motifs is 1. The van der Waals surface area contributed by atoms with Crippen LogP contribution in [0.3, 0.4) is 0 Å². The van der Waals surface area contributed by atoms with Gasteiger partial charge in [0.15, 0.2) is 0 Å². The van der Waals surface area contributed by atoms with Gasteiger partial charge in [-0.05, 0) is 59.0 Å². The van der Waals surface area contributed by atoms with E-state index in [-0.39, 0.29) is 11.1 Å². The zero-order valence-corrected chi connectivity index (χ0v) is 16.0. The molecule has 0 saturated heterocycles. The molecule has 2 heterocycles. The van der Waals surface area contributed by atoms with Gasteiger partial charge in [0.1, 0.15) is 11.9 Å². The first-order chi connectivity index (χ1) is 14.4. The summed E-state index contributed by atoms with van der Waals surface area (Å²) in [5.41, 5.74) is 3.90. The van der Waals surface area contributed by atoms with Gasteiger partial charge in [0, 0.05) is 24.2 Å². The second kappa shape index (κ2) is 7.63. The van der Waals surface area contributed by atoms with Crippen molar-refractivity contribution in [1.29, 1.82) is 0 Å². The Morgan fingerprint density at radius 2 is 1.80 bits per heavy atom. The molecule has 0 fully saturated rings. The Balaban J connectivity index is 1.75. The minimum Gasteiger partial charge on any atom is -0.306 e. The van der Waals surface area contributed by atoms with E-state index in [1.807, 2.05) is 54.0 Å². The van der Waals surface area contributed by atoms with Crippen molar-refractivity contribution < 1.29 is 18.0 Å². The molecule has 6 heteroatoms. The van der Waals surface area contributed by atoms with Crippen LogP contribution in [-0.4, -0.2) is 15.7 Å². The van der Waals surface area contributed by atoms with E-state index >= 15 is 0 Å². The first-order valence-corrected chi connectivity index (χ1v) is 9.24. The topological polar surface area (TPSA) is 34.4 Å². The maximum absolute atomic E-state index is 13.3. The smallest absolute Gasteiger partial charge is 0.306 e. The molecule has 0 unspecified atom stereocenters. The molecule has 2 aromatic heterocycles. The molecule has 2 aromatic carbocycles. The summed E-state index contributed by atoms with van der Waals surface area (Å²) in [5, 5.41) is 0. The SMILES string of the molecule is Cc1c(/C=C/c2cc(C=O)ccc2C(F)(F)F)cccc1-c1ccc2nccn2c1. The summed E-state index contributed by atoms with van der Waals surface area (Å²) < 4.78 is 42.0. The van der Waals surface area contributed by atoms with Gasteiger partial charge < -0.3 is 4.40 Å². The first-order valence-electron chi connectivity index (χ1n) is 9.24. The number of rotatable bonds is 4. The minimum atomic E-state index is -4.50. The van der Waals surface area contributed by atoms with Crippen LogP contribution in [0.1, 0.15) is 32.6 Å². The summed E-state index contributed by atoms with van der Waals surface area (Å²) in [4.78, 5) is 15.2. The second-order valence-electron chi connectivity index (χ2n) is 6.93. The van der Waals surface area contributed by atoms with Gasteiger partial charge in [-0.3, -0.25) is 4.79 Å². The highest BCUT2D eigenvalue weighted by Gasteiger charge is 2.32. The zero-order chi connectivity index (χ0) is 21.3. The van der Waals surface area contributed by atoms with Gasteiger partial charge >= 0.3 is 6.18 Å². The van der Waals surface area contributed by atoms with E-state index in [9.17, 15) is 18.0 Å². The summed E-state index contributed by atoms with van der Waals surface area (Å²) in [6.07, 6.45) is 4.63. The number of carbonyl (C=O) groups is 1. The standard InChI is InChI=1S/C24H17F3N2O/c1-16-18(6-7-19-13-17(15-30)5-9-22(19)24(25,26)27)3-2-4-21(16)20-8-10-23-28-11-12-29(23)14-20/h2-15H,1H3/b7-6+. The largest absolute Gasteiger partial charge is 0.416 e. The fraction of sp³-hybridized carbons (Fsp3) is 0.0833. The van der Waals surface area contributed by atoms with Crippen molar-refractivity contribution in [2.45, 2.75) is 13.1 Å².